The summed E-state index contributed by atoms with van der Waals surface area (Å²) >= 11 is 0. The second-order valence-corrected chi connectivity index (χ2v) is 4.71. The third-order valence-corrected chi connectivity index (χ3v) is 2.95. The molecule has 0 bridgehead atoms. The minimum atomic E-state index is -1.73. The Morgan fingerprint density at radius 2 is 1.88 bits per heavy atom. The van der Waals surface area contributed by atoms with Crippen LogP contribution in [0, 0.1) is 17.5 Å². The SMILES string of the molecule is CC(=O)c1c[nH]c(C(=O)OCC(=O)Nc2ccc(F)c(F)c2F)c1. The molecule has 0 aliphatic heterocycles. The van der Waals surface area contributed by atoms with Crippen LogP contribution in [0.2, 0.25) is 0 Å². The molecule has 9 heteroatoms. The van der Waals surface area contributed by atoms with E-state index in [1.807, 2.05) is 5.32 Å². The standard InChI is InChI=1S/C15H11F3N2O4/c1-7(21)8-4-11(19-5-8)15(23)24-6-12(22)20-10-3-2-9(16)13(17)14(10)18/h2-5,19H,6H2,1H3,(H,20,22). The Hall–Kier alpha value is -3.10. The van der Waals surface area contributed by atoms with Crippen LogP contribution in [0.15, 0.2) is 24.4 Å². The molecule has 0 fully saturated rings. The smallest absolute Gasteiger partial charge is 0.355 e. The van der Waals surface area contributed by atoms with E-state index < -0.39 is 41.6 Å². The molecule has 0 atom stereocenters. The summed E-state index contributed by atoms with van der Waals surface area (Å²) < 4.78 is 43.9. The number of H-pyrrole nitrogens is 1. The van der Waals surface area contributed by atoms with Crippen molar-refractivity contribution in [3.63, 3.8) is 0 Å². The third-order valence-electron chi connectivity index (χ3n) is 2.95. The Kier molecular flexibility index (Phi) is 5.02. The van der Waals surface area contributed by atoms with E-state index in [-0.39, 0.29) is 17.0 Å². The Morgan fingerprint density at radius 1 is 1.17 bits per heavy atom. The maximum absolute atomic E-state index is 13.4. The molecule has 2 rings (SSSR count). The molecular weight excluding hydrogens is 329 g/mol. The van der Waals surface area contributed by atoms with Crippen LogP contribution < -0.4 is 5.32 Å². The molecule has 0 unspecified atom stereocenters. The van der Waals surface area contributed by atoms with Crippen molar-refractivity contribution in [1.82, 2.24) is 4.98 Å². The van der Waals surface area contributed by atoms with Gasteiger partial charge in [-0.1, -0.05) is 0 Å². The fraction of sp³-hybridized carbons (Fsp3) is 0.133. The van der Waals surface area contributed by atoms with Crippen molar-refractivity contribution in [3.8, 4) is 0 Å². The third kappa shape index (κ3) is 3.80. The summed E-state index contributed by atoms with van der Waals surface area (Å²) in [5.41, 5.74) is -0.379. The number of halogens is 3. The first-order valence-electron chi connectivity index (χ1n) is 6.59. The molecule has 1 aromatic heterocycles. The second kappa shape index (κ2) is 6.99. The molecule has 0 saturated carbocycles. The van der Waals surface area contributed by atoms with Gasteiger partial charge < -0.3 is 15.0 Å². The van der Waals surface area contributed by atoms with Crippen molar-refractivity contribution < 1.29 is 32.3 Å². The van der Waals surface area contributed by atoms with Crippen LogP contribution in [-0.4, -0.2) is 29.3 Å². The van der Waals surface area contributed by atoms with Gasteiger partial charge in [0.25, 0.3) is 5.91 Å². The Labute approximate surface area is 133 Å². The molecule has 0 spiro atoms. The molecule has 1 amide bonds. The molecule has 126 valence electrons. The van der Waals surface area contributed by atoms with Crippen molar-refractivity contribution in [2.75, 3.05) is 11.9 Å². The van der Waals surface area contributed by atoms with E-state index in [0.29, 0.717) is 6.07 Å². The average molecular weight is 340 g/mol. The Morgan fingerprint density at radius 3 is 2.50 bits per heavy atom. The maximum atomic E-state index is 13.4. The quantitative estimate of drug-likeness (QED) is 0.497. The van der Waals surface area contributed by atoms with Gasteiger partial charge in [0, 0.05) is 11.8 Å². The number of nitrogens with one attached hydrogen (secondary N) is 2. The Bertz CT molecular complexity index is 817. The van der Waals surface area contributed by atoms with Crippen LogP contribution in [-0.2, 0) is 9.53 Å². The van der Waals surface area contributed by atoms with Gasteiger partial charge in [-0.05, 0) is 25.1 Å². The molecule has 0 saturated heterocycles. The number of rotatable bonds is 5. The van der Waals surface area contributed by atoms with E-state index in [9.17, 15) is 27.6 Å². The van der Waals surface area contributed by atoms with Crippen molar-refractivity contribution in [2.24, 2.45) is 0 Å². The molecule has 0 aliphatic rings. The van der Waals surface area contributed by atoms with Crippen LogP contribution in [0.3, 0.4) is 0 Å². The number of ketones is 1. The number of hydrogen-bond donors (Lipinski definition) is 2. The van der Waals surface area contributed by atoms with Crippen molar-refractivity contribution in [1.29, 1.82) is 0 Å². The highest BCUT2D eigenvalue weighted by Crippen LogP contribution is 2.19. The lowest BCUT2D eigenvalue weighted by Gasteiger charge is -2.07. The predicted molar refractivity (Wildman–Crippen MR) is 76.0 cm³/mol. The molecule has 2 N–H and O–H groups in total. The molecule has 0 radical (unpaired) electrons. The van der Waals surface area contributed by atoms with Gasteiger partial charge in [0.15, 0.2) is 29.8 Å². The normalized spacial score (nSPS) is 10.3. The molecular formula is C15H11F3N2O4. The van der Waals surface area contributed by atoms with Gasteiger partial charge in [0.1, 0.15) is 5.69 Å². The van der Waals surface area contributed by atoms with Crippen LogP contribution in [0.25, 0.3) is 0 Å². The number of aromatic nitrogens is 1. The van der Waals surface area contributed by atoms with Gasteiger partial charge >= 0.3 is 5.97 Å². The van der Waals surface area contributed by atoms with Gasteiger partial charge in [0.05, 0.1) is 5.69 Å². The van der Waals surface area contributed by atoms with E-state index in [4.69, 9.17) is 0 Å². The van der Waals surface area contributed by atoms with Crippen LogP contribution in [0.5, 0.6) is 0 Å². The molecule has 2 aromatic rings. The average Bonchev–Trinajstić information content (AvgIpc) is 3.03. The van der Waals surface area contributed by atoms with Crippen LogP contribution in [0.1, 0.15) is 27.8 Å². The zero-order valence-electron chi connectivity index (χ0n) is 12.3. The summed E-state index contributed by atoms with van der Waals surface area (Å²) in [5, 5.41) is 1.95. The maximum Gasteiger partial charge on any atom is 0.355 e. The predicted octanol–water partition coefficient (Wildman–Crippen LogP) is 2.43. The number of anilines is 1. The number of aromatic amines is 1. The zero-order chi connectivity index (χ0) is 17.9. The monoisotopic (exact) mass is 340 g/mol. The minimum absolute atomic E-state index is 0.0491. The lowest BCUT2D eigenvalue weighted by molar-refractivity contribution is -0.119. The van der Waals surface area contributed by atoms with E-state index in [2.05, 4.69) is 9.72 Å². The number of carbonyl (C=O) groups excluding carboxylic acids is 3. The molecule has 24 heavy (non-hydrogen) atoms. The van der Waals surface area contributed by atoms with E-state index >= 15 is 0 Å². The van der Waals surface area contributed by atoms with Crippen molar-refractivity contribution in [2.45, 2.75) is 6.92 Å². The van der Waals surface area contributed by atoms with Crippen LogP contribution in [0.4, 0.5) is 18.9 Å². The van der Waals surface area contributed by atoms with E-state index in [1.165, 1.54) is 19.2 Å². The van der Waals surface area contributed by atoms with E-state index in [1.54, 1.807) is 0 Å². The topological polar surface area (TPSA) is 88.3 Å². The second-order valence-electron chi connectivity index (χ2n) is 4.71. The lowest BCUT2D eigenvalue weighted by atomic mass is 10.2. The highest BCUT2D eigenvalue weighted by atomic mass is 19.2. The summed E-state index contributed by atoms with van der Waals surface area (Å²) in [6.07, 6.45) is 1.30. The first-order chi connectivity index (χ1) is 11.3. The highest BCUT2D eigenvalue weighted by molar-refractivity contribution is 5.98. The van der Waals surface area contributed by atoms with Crippen molar-refractivity contribution >= 4 is 23.3 Å². The first-order valence-corrected chi connectivity index (χ1v) is 6.59. The summed E-state index contributed by atoms with van der Waals surface area (Å²) in [4.78, 5) is 36.9. The van der Waals surface area contributed by atoms with Crippen LogP contribution >= 0.6 is 0 Å². The fourth-order valence-corrected chi connectivity index (χ4v) is 1.73. The van der Waals surface area contributed by atoms with Gasteiger partial charge in [0.2, 0.25) is 0 Å². The lowest BCUT2D eigenvalue weighted by Crippen LogP contribution is -2.22. The van der Waals surface area contributed by atoms with Gasteiger partial charge in [-0.2, -0.15) is 0 Å². The largest absolute Gasteiger partial charge is 0.451 e. The Balaban J connectivity index is 1.94. The van der Waals surface area contributed by atoms with Gasteiger partial charge in [-0.3, -0.25) is 9.59 Å². The van der Waals surface area contributed by atoms with Gasteiger partial charge in [-0.25, -0.2) is 18.0 Å². The summed E-state index contributed by atoms with van der Waals surface area (Å²) in [6.45, 7) is 0.522. The first kappa shape index (κ1) is 17.3. The number of Topliss-reactive ketones (excluding diaryl/α,β-unsaturated/α-hetero) is 1. The molecule has 1 aromatic carbocycles. The zero-order valence-corrected chi connectivity index (χ0v) is 12.3. The van der Waals surface area contributed by atoms with Gasteiger partial charge in [-0.15, -0.1) is 0 Å². The summed E-state index contributed by atoms with van der Waals surface area (Å²) in [5.74, 6) is -6.82. The van der Waals surface area contributed by atoms with Crippen molar-refractivity contribution in [3.05, 3.63) is 53.1 Å². The highest BCUT2D eigenvalue weighted by Gasteiger charge is 2.17. The van der Waals surface area contributed by atoms with E-state index in [0.717, 1.165) is 6.07 Å². The summed E-state index contributed by atoms with van der Waals surface area (Å²) in [7, 11) is 0. The number of ether oxygens (including phenoxy) is 1. The fourth-order valence-electron chi connectivity index (χ4n) is 1.73. The molecule has 0 aliphatic carbocycles. The molecule has 6 nitrogen and oxygen atoms in total. The number of carbonyl (C=O) groups is 3. The number of esters is 1. The summed E-state index contributed by atoms with van der Waals surface area (Å²) in [6, 6.07) is 2.72. The minimum Gasteiger partial charge on any atom is -0.451 e. The number of amides is 1. The number of benzene rings is 1. The molecule has 1 heterocycles. The number of hydrogen-bond acceptors (Lipinski definition) is 4.